The van der Waals surface area contributed by atoms with Crippen molar-refractivity contribution in [2.75, 3.05) is 32.7 Å². The minimum atomic E-state index is -0.176. The van der Waals surface area contributed by atoms with Crippen molar-refractivity contribution in [3.8, 4) is 0 Å². The zero-order valence-electron chi connectivity index (χ0n) is 10.0. The number of primary amides is 1. The van der Waals surface area contributed by atoms with E-state index >= 15 is 0 Å². The Balaban J connectivity index is 1.84. The highest BCUT2D eigenvalue weighted by atomic mass is 16.1. The Labute approximate surface area is 97.6 Å². The number of amides is 1. The lowest BCUT2D eigenvalue weighted by atomic mass is 9.82. The summed E-state index contributed by atoms with van der Waals surface area (Å²) >= 11 is 0. The van der Waals surface area contributed by atoms with Gasteiger partial charge in [-0.15, -0.1) is 0 Å². The van der Waals surface area contributed by atoms with Gasteiger partial charge in [-0.25, -0.2) is 0 Å². The summed E-state index contributed by atoms with van der Waals surface area (Å²) in [6.45, 7) is 5.39. The summed E-state index contributed by atoms with van der Waals surface area (Å²) in [5.74, 6) is -0.0693. The highest BCUT2D eigenvalue weighted by molar-refractivity contribution is 5.81. The van der Waals surface area contributed by atoms with Crippen molar-refractivity contribution in [1.29, 1.82) is 0 Å². The van der Waals surface area contributed by atoms with Crippen LogP contribution in [0.1, 0.15) is 32.1 Å². The number of carbonyl (C=O) groups excluding carboxylic acids is 1. The van der Waals surface area contributed by atoms with Crippen LogP contribution >= 0.6 is 0 Å². The maximum Gasteiger partial charge on any atom is 0.223 e. The molecule has 2 fully saturated rings. The fourth-order valence-electron chi connectivity index (χ4n) is 2.98. The first-order valence-corrected chi connectivity index (χ1v) is 6.46. The SMILES string of the molecule is NC(=O)C1(CCN2CCNCC2)CCCC1. The van der Waals surface area contributed by atoms with Crippen LogP contribution in [0.5, 0.6) is 0 Å². The Morgan fingerprint density at radius 3 is 2.44 bits per heavy atom. The molecule has 0 radical (unpaired) electrons. The van der Waals surface area contributed by atoms with Crippen molar-refractivity contribution in [3.05, 3.63) is 0 Å². The van der Waals surface area contributed by atoms with Crippen LogP contribution in [0, 0.1) is 5.41 Å². The zero-order chi connectivity index (χ0) is 11.4. The van der Waals surface area contributed by atoms with Crippen LogP contribution in [0.4, 0.5) is 0 Å². The summed E-state index contributed by atoms with van der Waals surface area (Å²) < 4.78 is 0. The molecule has 0 spiro atoms. The molecular weight excluding hydrogens is 202 g/mol. The number of piperazine rings is 1. The molecule has 0 bridgehead atoms. The van der Waals surface area contributed by atoms with Crippen LogP contribution < -0.4 is 11.1 Å². The fraction of sp³-hybridized carbons (Fsp3) is 0.917. The van der Waals surface area contributed by atoms with E-state index in [0.717, 1.165) is 52.0 Å². The molecule has 4 nitrogen and oxygen atoms in total. The third-order valence-corrected chi connectivity index (χ3v) is 4.20. The van der Waals surface area contributed by atoms with Crippen molar-refractivity contribution in [1.82, 2.24) is 10.2 Å². The highest BCUT2D eigenvalue weighted by Crippen LogP contribution is 2.40. The van der Waals surface area contributed by atoms with Gasteiger partial charge >= 0.3 is 0 Å². The molecule has 0 aromatic rings. The average molecular weight is 225 g/mol. The van der Waals surface area contributed by atoms with Gasteiger partial charge in [0.15, 0.2) is 0 Å². The van der Waals surface area contributed by atoms with E-state index < -0.39 is 0 Å². The zero-order valence-corrected chi connectivity index (χ0v) is 10.0. The maximum absolute atomic E-state index is 11.6. The predicted molar refractivity (Wildman–Crippen MR) is 64.0 cm³/mol. The van der Waals surface area contributed by atoms with Gasteiger partial charge in [-0.2, -0.15) is 0 Å². The first-order chi connectivity index (χ1) is 7.73. The maximum atomic E-state index is 11.6. The molecule has 92 valence electrons. The lowest BCUT2D eigenvalue weighted by molar-refractivity contribution is -0.128. The number of nitrogens with two attached hydrogens (primary N) is 1. The molecule has 4 heteroatoms. The summed E-state index contributed by atoms with van der Waals surface area (Å²) in [6, 6.07) is 0. The molecular formula is C12H23N3O. The monoisotopic (exact) mass is 225 g/mol. The van der Waals surface area contributed by atoms with Gasteiger partial charge in [0.1, 0.15) is 0 Å². The molecule has 1 saturated heterocycles. The fourth-order valence-corrected chi connectivity index (χ4v) is 2.98. The lowest BCUT2D eigenvalue weighted by Gasteiger charge is -2.32. The van der Waals surface area contributed by atoms with Gasteiger partial charge < -0.3 is 16.0 Å². The minimum Gasteiger partial charge on any atom is -0.369 e. The Morgan fingerprint density at radius 2 is 1.88 bits per heavy atom. The first-order valence-electron chi connectivity index (χ1n) is 6.46. The van der Waals surface area contributed by atoms with Crippen molar-refractivity contribution in [2.24, 2.45) is 11.1 Å². The lowest BCUT2D eigenvalue weighted by Crippen LogP contribution is -2.46. The van der Waals surface area contributed by atoms with Gasteiger partial charge in [0.05, 0.1) is 5.41 Å². The normalized spacial score (nSPS) is 25.8. The molecule has 1 aliphatic heterocycles. The third-order valence-electron chi connectivity index (χ3n) is 4.20. The number of nitrogens with one attached hydrogen (secondary N) is 1. The van der Waals surface area contributed by atoms with Crippen molar-refractivity contribution in [2.45, 2.75) is 32.1 Å². The molecule has 0 unspecified atom stereocenters. The van der Waals surface area contributed by atoms with Crippen LogP contribution in [-0.4, -0.2) is 43.5 Å². The molecule has 1 heterocycles. The summed E-state index contributed by atoms with van der Waals surface area (Å²) in [6.07, 6.45) is 5.32. The molecule has 1 amide bonds. The molecule has 0 aromatic carbocycles. The largest absolute Gasteiger partial charge is 0.369 e. The van der Waals surface area contributed by atoms with Gasteiger partial charge in [0.25, 0.3) is 0 Å². The minimum absolute atomic E-state index is 0.0693. The molecule has 0 aromatic heterocycles. The smallest absolute Gasteiger partial charge is 0.223 e. The van der Waals surface area contributed by atoms with Crippen LogP contribution in [-0.2, 0) is 4.79 Å². The third kappa shape index (κ3) is 2.55. The molecule has 1 saturated carbocycles. The van der Waals surface area contributed by atoms with Crippen LogP contribution in [0.15, 0.2) is 0 Å². The van der Waals surface area contributed by atoms with Gasteiger partial charge in [-0.05, 0) is 25.8 Å². The Bertz CT molecular complexity index is 243. The summed E-state index contributed by atoms with van der Waals surface area (Å²) in [7, 11) is 0. The van der Waals surface area contributed by atoms with E-state index in [2.05, 4.69) is 10.2 Å². The molecule has 1 aliphatic carbocycles. The van der Waals surface area contributed by atoms with Gasteiger partial charge in [-0.1, -0.05) is 12.8 Å². The van der Waals surface area contributed by atoms with Gasteiger partial charge in [0, 0.05) is 26.2 Å². The second kappa shape index (κ2) is 5.15. The van der Waals surface area contributed by atoms with E-state index in [9.17, 15) is 4.79 Å². The number of hydrogen-bond donors (Lipinski definition) is 2. The van der Waals surface area contributed by atoms with Crippen LogP contribution in [0.3, 0.4) is 0 Å². The van der Waals surface area contributed by atoms with Crippen LogP contribution in [0.25, 0.3) is 0 Å². The van der Waals surface area contributed by atoms with Crippen molar-refractivity contribution in [3.63, 3.8) is 0 Å². The van der Waals surface area contributed by atoms with E-state index in [1.165, 1.54) is 12.8 Å². The molecule has 16 heavy (non-hydrogen) atoms. The van der Waals surface area contributed by atoms with E-state index in [1.54, 1.807) is 0 Å². The highest BCUT2D eigenvalue weighted by Gasteiger charge is 2.39. The summed E-state index contributed by atoms with van der Waals surface area (Å²) in [5, 5.41) is 3.34. The van der Waals surface area contributed by atoms with E-state index in [-0.39, 0.29) is 11.3 Å². The van der Waals surface area contributed by atoms with Crippen LogP contribution in [0.2, 0.25) is 0 Å². The molecule has 0 atom stereocenters. The van der Waals surface area contributed by atoms with Gasteiger partial charge in [-0.3, -0.25) is 4.79 Å². The standard InChI is InChI=1S/C12H23N3O/c13-11(16)12(3-1-2-4-12)5-8-15-9-6-14-7-10-15/h14H,1-10H2,(H2,13,16). The number of rotatable bonds is 4. The Morgan fingerprint density at radius 1 is 1.25 bits per heavy atom. The molecule has 2 aliphatic rings. The second-order valence-electron chi connectivity index (χ2n) is 5.19. The number of hydrogen-bond acceptors (Lipinski definition) is 3. The summed E-state index contributed by atoms with van der Waals surface area (Å²) in [4.78, 5) is 14.0. The van der Waals surface area contributed by atoms with Gasteiger partial charge in [0.2, 0.25) is 5.91 Å². The van der Waals surface area contributed by atoms with Crippen molar-refractivity contribution < 1.29 is 4.79 Å². The molecule has 2 rings (SSSR count). The number of nitrogens with zero attached hydrogens (tertiary/aromatic N) is 1. The quantitative estimate of drug-likeness (QED) is 0.725. The Kier molecular flexibility index (Phi) is 3.82. The average Bonchev–Trinajstić information content (AvgIpc) is 2.78. The second-order valence-corrected chi connectivity index (χ2v) is 5.19. The van der Waals surface area contributed by atoms with E-state index in [0.29, 0.717) is 0 Å². The first kappa shape index (κ1) is 11.9. The van der Waals surface area contributed by atoms with Crippen molar-refractivity contribution >= 4 is 5.91 Å². The predicted octanol–water partition coefficient (Wildman–Crippen LogP) is 0.327. The topological polar surface area (TPSA) is 58.4 Å². The number of carbonyl (C=O) groups is 1. The Hall–Kier alpha value is -0.610. The summed E-state index contributed by atoms with van der Waals surface area (Å²) in [5.41, 5.74) is 5.40. The van der Waals surface area contributed by atoms with E-state index in [1.807, 2.05) is 0 Å². The van der Waals surface area contributed by atoms with E-state index in [4.69, 9.17) is 5.73 Å². The molecule has 3 N–H and O–H groups in total.